The molecular formula is C23H32N6O2. The number of methoxy groups -OCH3 is 1. The summed E-state index contributed by atoms with van der Waals surface area (Å²) in [5.74, 6) is 2.17. The van der Waals surface area contributed by atoms with Gasteiger partial charge in [0.05, 0.1) is 6.26 Å². The number of benzene rings is 1. The third-order valence-corrected chi connectivity index (χ3v) is 5.69. The zero-order valence-corrected chi connectivity index (χ0v) is 18.4. The lowest BCUT2D eigenvalue weighted by atomic mass is 9.97. The lowest BCUT2D eigenvalue weighted by Crippen LogP contribution is -2.37. The number of rotatable bonds is 10. The van der Waals surface area contributed by atoms with Crippen molar-refractivity contribution in [3.8, 4) is 0 Å². The molecule has 3 aromatic rings. The van der Waals surface area contributed by atoms with Gasteiger partial charge in [-0.15, -0.1) is 0 Å². The van der Waals surface area contributed by atoms with E-state index in [9.17, 15) is 0 Å². The predicted molar refractivity (Wildman–Crippen MR) is 125 cm³/mol. The summed E-state index contributed by atoms with van der Waals surface area (Å²) in [6, 6.07) is 10.1. The largest absolute Gasteiger partial charge is 0.459 e. The van der Waals surface area contributed by atoms with Gasteiger partial charge in [0.25, 0.3) is 0 Å². The average molecular weight is 425 g/mol. The maximum Gasteiger partial charge on any atom is 0.229 e. The van der Waals surface area contributed by atoms with Gasteiger partial charge in [-0.3, -0.25) is 0 Å². The number of hydrogen-bond acceptors (Lipinski definition) is 8. The molecule has 0 radical (unpaired) electrons. The van der Waals surface area contributed by atoms with Crippen molar-refractivity contribution in [3.05, 3.63) is 36.6 Å². The molecule has 1 fully saturated rings. The van der Waals surface area contributed by atoms with E-state index in [0.717, 1.165) is 86.3 Å². The van der Waals surface area contributed by atoms with E-state index >= 15 is 0 Å². The van der Waals surface area contributed by atoms with Crippen LogP contribution in [0.15, 0.2) is 41.0 Å². The highest BCUT2D eigenvalue weighted by molar-refractivity contribution is 5.85. The average Bonchev–Trinajstić information content (AvgIpc) is 3.27. The monoisotopic (exact) mass is 424 g/mol. The molecule has 166 valence electrons. The van der Waals surface area contributed by atoms with E-state index in [1.807, 2.05) is 25.2 Å². The van der Waals surface area contributed by atoms with Crippen molar-refractivity contribution in [2.45, 2.75) is 19.3 Å². The zero-order chi connectivity index (χ0) is 21.5. The molecule has 3 N–H and O–H groups in total. The standard InChI is InChI=1S/C23H32N6O2/c1-24-16-17-8-12-29(13-9-17)22-21-20(10-15-31-21)27-23(28-22)26-19-6-4-18(5-7-19)25-11-3-14-30-2/h4-7,10,15,17,24-25H,3,8-9,11-14,16H2,1-2H3,(H,26,27,28). The van der Waals surface area contributed by atoms with Crippen LogP contribution in [-0.4, -0.2) is 56.9 Å². The molecule has 0 amide bonds. The number of nitrogens with one attached hydrogen (secondary N) is 3. The molecule has 1 aliphatic heterocycles. The van der Waals surface area contributed by atoms with Crippen molar-refractivity contribution in [2.24, 2.45) is 5.92 Å². The second kappa shape index (κ2) is 10.5. The van der Waals surface area contributed by atoms with Crippen LogP contribution in [0.2, 0.25) is 0 Å². The van der Waals surface area contributed by atoms with Crippen LogP contribution >= 0.6 is 0 Å². The van der Waals surface area contributed by atoms with E-state index in [1.165, 1.54) is 0 Å². The van der Waals surface area contributed by atoms with Crippen molar-refractivity contribution in [2.75, 3.05) is 62.5 Å². The third kappa shape index (κ3) is 5.45. The Morgan fingerprint density at radius 1 is 1.10 bits per heavy atom. The Hall–Kier alpha value is -2.84. The molecule has 8 heteroatoms. The molecule has 0 saturated carbocycles. The third-order valence-electron chi connectivity index (χ3n) is 5.69. The maximum atomic E-state index is 5.73. The Morgan fingerprint density at radius 2 is 1.87 bits per heavy atom. The normalized spacial score (nSPS) is 14.8. The number of nitrogens with zero attached hydrogens (tertiary/aromatic N) is 3. The first kappa shape index (κ1) is 21.4. The van der Waals surface area contributed by atoms with Gasteiger partial charge in [-0.1, -0.05) is 0 Å². The highest BCUT2D eigenvalue weighted by Crippen LogP contribution is 2.30. The van der Waals surface area contributed by atoms with Crippen molar-refractivity contribution in [3.63, 3.8) is 0 Å². The summed E-state index contributed by atoms with van der Waals surface area (Å²) in [7, 11) is 3.74. The molecule has 0 spiro atoms. The Balaban J connectivity index is 1.45. The fraction of sp³-hybridized carbons (Fsp3) is 0.478. The summed E-state index contributed by atoms with van der Waals surface area (Å²) >= 11 is 0. The van der Waals surface area contributed by atoms with E-state index in [-0.39, 0.29) is 0 Å². The van der Waals surface area contributed by atoms with Crippen LogP contribution in [0.5, 0.6) is 0 Å². The molecule has 8 nitrogen and oxygen atoms in total. The molecule has 1 saturated heterocycles. The van der Waals surface area contributed by atoms with Crippen LogP contribution in [0.4, 0.5) is 23.1 Å². The summed E-state index contributed by atoms with van der Waals surface area (Å²) in [5.41, 5.74) is 3.61. The number of anilines is 4. The SMILES string of the molecule is CNCC1CCN(c2nc(Nc3ccc(NCCCOC)cc3)nc3ccoc23)CC1. The molecular weight excluding hydrogens is 392 g/mol. The Bertz CT molecular complexity index is 950. The van der Waals surface area contributed by atoms with Crippen LogP contribution in [-0.2, 0) is 4.74 Å². The number of piperidine rings is 1. The minimum absolute atomic E-state index is 0.585. The van der Waals surface area contributed by atoms with Crippen molar-refractivity contribution in [1.29, 1.82) is 0 Å². The van der Waals surface area contributed by atoms with E-state index in [2.05, 4.69) is 38.0 Å². The summed E-state index contributed by atoms with van der Waals surface area (Å²) in [5, 5.41) is 10.0. The van der Waals surface area contributed by atoms with Gasteiger partial charge in [0.1, 0.15) is 5.52 Å². The van der Waals surface area contributed by atoms with Crippen molar-refractivity contribution >= 4 is 34.2 Å². The molecule has 0 unspecified atom stereocenters. The highest BCUT2D eigenvalue weighted by Gasteiger charge is 2.23. The molecule has 31 heavy (non-hydrogen) atoms. The number of ether oxygens (including phenoxy) is 1. The predicted octanol–water partition coefficient (Wildman–Crippen LogP) is 3.85. The Labute approximate surface area is 183 Å². The van der Waals surface area contributed by atoms with Gasteiger partial charge < -0.3 is 30.0 Å². The smallest absolute Gasteiger partial charge is 0.229 e. The second-order valence-corrected chi connectivity index (χ2v) is 7.97. The maximum absolute atomic E-state index is 5.73. The molecule has 2 aromatic heterocycles. The number of hydrogen-bond donors (Lipinski definition) is 3. The molecule has 3 heterocycles. The molecule has 0 atom stereocenters. The Kier molecular flexibility index (Phi) is 7.22. The molecule has 0 bridgehead atoms. The van der Waals surface area contributed by atoms with Gasteiger partial charge in [-0.25, -0.2) is 4.98 Å². The van der Waals surface area contributed by atoms with Crippen LogP contribution in [0.25, 0.3) is 11.1 Å². The summed E-state index contributed by atoms with van der Waals surface area (Å²) in [6.07, 6.45) is 4.96. The summed E-state index contributed by atoms with van der Waals surface area (Å²) in [4.78, 5) is 11.8. The fourth-order valence-electron chi connectivity index (χ4n) is 4.01. The highest BCUT2D eigenvalue weighted by atomic mass is 16.5. The van der Waals surface area contributed by atoms with E-state index in [1.54, 1.807) is 13.4 Å². The van der Waals surface area contributed by atoms with Crippen LogP contribution in [0.3, 0.4) is 0 Å². The lowest BCUT2D eigenvalue weighted by molar-refractivity contribution is 0.198. The first-order valence-corrected chi connectivity index (χ1v) is 11.0. The van der Waals surface area contributed by atoms with Gasteiger partial charge in [0, 0.05) is 50.8 Å². The molecule has 0 aliphatic carbocycles. The first-order valence-electron chi connectivity index (χ1n) is 11.0. The van der Waals surface area contributed by atoms with Crippen molar-refractivity contribution in [1.82, 2.24) is 15.3 Å². The van der Waals surface area contributed by atoms with Gasteiger partial charge in [-0.2, -0.15) is 4.98 Å². The fourth-order valence-corrected chi connectivity index (χ4v) is 4.01. The first-order chi connectivity index (χ1) is 15.3. The molecule has 1 aliphatic rings. The minimum atomic E-state index is 0.585. The van der Waals surface area contributed by atoms with Crippen LogP contribution in [0, 0.1) is 5.92 Å². The number of furan rings is 1. The molecule has 4 rings (SSSR count). The van der Waals surface area contributed by atoms with E-state index in [0.29, 0.717) is 5.95 Å². The van der Waals surface area contributed by atoms with E-state index < -0.39 is 0 Å². The van der Waals surface area contributed by atoms with Gasteiger partial charge in [0.15, 0.2) is 11.4 Å². The van der Waals surface area contributed by atoms with E-state index in [4.69, 9.17) is 14.1 Å². The zero-order valence-electron chi connectivity index (χ0n) is 18.4. The topological polar surface area (TPSA) is 87.5 Å². The second-order valence-electron chi connectivity index (χ2n) is 7.97. The Morgan fingerprint density at radius 3 is 2.61 bits per heavy atom. The minimum Gasteiger partial charge on any atom is -0.459 e. The number of fused-ring (bicyclic) bond motifs is 1. The van der Waals surface area contributed by atoms with Gasteiger partial charge in [-0.05, 0) is 63.0 Å². The van der Waals surface area contributed by atoms with Crippen LogP contribution < -0.4 is 20.9 Å². The quantitative estimate of drug-likeness (QED) is 0.423. The lowest BCUT2D eigenvalue weighted by Gasteiger charge is -2.32. The summed E-state index contributed by atoms with van der Waals surface area (Å²) in [6.45, 7) is 4.66. The number of aromatic nitrogens is 2. The van der Waals surface area contributed by atoms with Crippen LogP contribution in [0.1, 0.15) is 19.3 Å². The molecule has 1 aromatic carbocycles. The van der Waals surface area contributed by atoms with Gasteiger partial charge >= 0.3 is 0 Å². The van der Waals surface area contributed by atoms with Gasteiger partial charge in [0.2, 0.25) is 5.95 Å². The van der Waals surface area contributed by atoms with Crippen molar-refractivity contribution < 1.29 is 9.15 Å². The summed E-state index contributed by atoms with van der Waals surface area (Å²) < 4.78 is 10.8.